The monoisotopic (exact) mass is 770 g/mol. The van der Waals surface area contributed by atoms with Crippen molar-refractivity contribution in [3.05, 3.63) is 65.2 Å². The second-order valence-electron chi connectivity index (χ2n) is 13.9. The molecule has 3 aromatic rings. The molecule has 3 aliphatic rings. The van der Waals surface area contributed by atoms with Crippen molar-refractivity contribution in [3.8, 4) is 40.2 Å². The number of nitrogens with zero attached hydrogens (tertiary/aromatic N) is 4. The molecule has 0 aliphatic carbocycles. The summed E-state index contributed by atoms with van der Waals surface area (Å²) >= 11 is 0. The minimum atomic E-state index is -0.378. The zero-order chi connectivity index (χ0) is 39.8. The lowest BCUT2D eigenvalue weighted by molar-refractivity contribution is -0.127. The van der Waals surface area contributed by atoms with Crippen molar-refractivity contribution in [1.82, 2.24) is 14.7 Å². The maximum absolute atomic E-state index is 13.3. The molecule has 0 aromatic heterocycles. The van der Waals surface area contributed by atoms with Gasteiger partial charge in [-0.1, -0.05) is 6.07 Å². The lowest BCUT2D eigenvalue weighted by Gasteiger charge is -2.34. The van der Waals surface area contributed by atoms with Gasteiger partial charge in [-0.15, -0.1) is 0 Å². The van der Waals surface area contributed by atoms with Gasteiger partial charge in [0.2, 0.25) is 11.7 Å². The molecule has 2 saturated heterocycles. The molecule has 6 rings (SSSR count). The number of fused-ring (bicyclic) bond motifs is 2. The molecule has 0 radical (unpaired) electrons. The number of hydrogen-bond acceptors (Lipinski definition) is 11. The van der Waals surface area contributed by atoms with Crippen LogP contribution in [0.15, 0.2) is 53.5 Å². The maximum Gasteiger partial charge on any atom is 0.256 e. The van der Waals surface area contributed by atoms with Gasteiger partial charge in [0, 0.05) is 56.6 Å². The van der Waals surface area contributed by atoms with Crippen LogP contribution < -0.4 is 33.2 Å². The fourth-order valence-electron chi connectivity index (χ4n) is 7.17. The van der Waals surface area contributed by atoms with Crippen molar-refractivity contribution in [2.24, 2.45) is 4.99 Å². The van der Waals surface area contributed by atoms with E-state index in [1.54, 1.807) is 54.4 Å². The molecular formula is C42H50N4O10. The van der Waals surface area contributed by atoms with E-state index < -0.39 is 0 Å². The summed E-state index contributed by atoms with van der Waals surface area (Å²) in [6.45, 7) is 5.20. The Bertz CT molecular complexity index is 1960. The summed E-state index contributed by atoms with van der Waals surface area (Å²) < 4.78 is 39.4. The van der Waals surface area contributed by atoms with Gasteiger partial charge in [0.05, 0.1) is 65.6 Å². The largest absolute Gasteiger partial charge is 0.493 e. The van der Waals surface area contributed by atoms with Gasteiger partial charge in [-0.05, 0) is 74.6 Å². The molecule has 3 heterocycles. The smallest absolute Gasteiger partial charge is 0.256 e. The Morgan fingerprint density at radius 1 is 0.732 bits per heavy atom. The number of rotatable bonds is 15. The third-order valence-electron chi connectivity index (χ3n) is 10.4. The zero-order valence-corrected chi connectivity index (χ0v) is 32.9. The number of carbonyl (C=O) groups excluding carboxylic acids is 3. The zero-order valence-electron chi connectivity index (χ0n) is 32.9. The van der Waals surface area contributed by atoms with Crippen LogP contribution in [0, 0.1) is 0 Å². The molecule has 56 heavy (non-hydrogen) atoms. The lowest BCUT2D eigenvalue weighted by Crippen LogP contribution is -2.50. The molecule has 14 nitrogen and oxygen atoms in total. The molecule has 1 atom stereocenters. The number of carbonyl (C=O) groups is 3. The summed E-state index contributed by atoms with van der Waals surface area (Å²) in [6, 6.07) is 12.3. The van der Waals surface area contributed by atoms with Gasteiger partial charge in [0.25, 0.3) is 11.8 Å². The first-order valence-electron chi connectivity index (χ1n) is 18.7. The van der Waals surface area contributed by atoms with Crippen LogP contribution in [0.4, 0.5) is 5.69 Å². The molecule has 0 spiro atoms. The first-order chi connectivity index (χ1) is 27.1. The van der Waals surface area contributed by atoms with Crippen LogP contribution in [0.2, 0.25) is 0 Å². The molecule has 0 bridgehead atoms. The third-order valence-corrected chi connectivity index (χ3v) is 10.4. The van der Waals surface area contributed by atoms with Gasteiger partial charge >= 0.3 is 0 Å². The summed E-state index contributed by atoms with van der Waals surface area (Å²) in [6.07, 6.45) is 8.42. The molecule has 0 saturated carbocycles. The number of aliphatic imine (C=N–C) groups is 1. The maximum atomic E-state index is 13.3. The van der Waals surface area contributed by atoms with Gasteiger partial charge in [0.1, 0.15) is 0 Å². The number of piperazine rings is 1. The van der Waals surface area contributed by atoms with Gasteiger partial charge < -0.3 is 47.9 Å². The van der Waals surface area contributed by atoms with Crippen molar-refractivity contribution in [1.29, 1.82) is 0 Å². The van der Waals surface area contributed by atoms with E-state index in [2.05, 4.69) is 4.99 Å². The van der Waals surface area contributed by atoms with E-state index in [9.17, 15) is 14.4 Å². The van der Waals surface area contributed by atoms with E-state index in [0.717, 1.165) is 24.8 Å². The predicted octanol–water partition coefficient (Wildman–Crippen LogP) is 5.68. The highest BCUT2D eigenvalue weighted by Crippen LogP contribution is 2.41. The Morgan fingerprint density at radius 3 is 2.00 bits per heavy atom. The highest BCUT2D eigenvalue weighted by molar-refractivity contribution is 6.04. The standard InChI is InChI=1S/C42H50N4O10/c1-42-14-9-15-46(42)41(49)30-25-34(51-3)35(26-31(30)43-27-42)56-21-8-7-20-55-32-12-10-28(22-33(32)50-2)11-13-38(47)44-16-18-45(19-17-44)40(48)29-23-36(52-4)39(54-6)37(24-29)53-5/h10-13,22-27H,7-9,14-21H2,1-6H3/b13-11+/t42-/m0/s1. The van der Waals surface area contributed by atoms with Gasteiger partial charge in [-0.3, -0.25) is 19.4 Å². The number of amides is 3. The van der Waals surface area contributed by atoms with Crippen LogP contribution in [-0.4, -0.2) is 126 Å². The molecule has 0 unspecified atom stereocenters. The average Bonchev–Trinajstić information content (AvgIpc) is 3.59. The Kier molecular flexibility index (Phi) is 12.6. The van der Waals surface area contributed by atoms with E-state index in [-0.39, 0.29) is 23.3 Å². The summed E-state index contributed by atoms with van der Waals surface area (Å²) in [5.41, 5.74) is 1.92. The van der Waals surface area contributed by atoms with Crippen molar-refractivity contribution in [3.63, 3.8) is 0 Å². The fourth-order valence-corrected chi connectivity index (χ4v) is 7.17. The van der Waals surface area contributed by atoms with Crippen molar-refractivity contribution < 1.29 is 47.5 Å². The first-order valence-corrected chi connectivity index (χ1v) is 18.7. The number of unbranched alkanes of at least 4 members (excludes halogenated alkanes) is 1. The van der Waals surface area contributed by atoms with Crippen molar-refractivity contribution in [2.45, 2.75) is 38.1 Å². The Hall–Kier alpha value is -5.92. The predicted molar refractivity (Wildman–Crippen MR) is 211 cm³/mol. The third kappa shape index (κ3) is 8.48. The van der Waals surface area contributed by atoms with Gasteiger partial charge in [0.15, 0.2) is 34.5 Å². The van der Waals surface area contributed by atoms with E-state index >= 15 is 0 Å². The van der Waals surface area contributed by atoms with Crippen LogP contribution in [0.5, 0.6) is 40.2 Å². The number of ether oxygens (including phenoxy) is 7. The molecule has 14 heteroatoms. The molecule has 3 aliphatic heterocycles. The summed E-state index contributed by atoms with van der Waals surface area (Å²) in [4.78, 5) is 49.7. The number of hydrogen-bond donors (Lipinski definition) is 0. The molecule has 298 valence electrons. The van der Waals surface area contributed by atoms with Crippen LogP contribution in [-0.2, 0) is 4.79 Å². The Balaban J connectivity index is 0.959. The van der Waals surface area contributed by atoms with Gasteiger partial charge in [-0.2, -0.15) is 0 Å². The Morgan fingerprint density at radius 2 is 1.36 bits per heavy atom. The first kappa shape index (κ1) is 39.8. The normalized spacial score (nSPS) is 17.6. The summed E-state index contributed by atoms with van der Waals surface area (Å²) in [7, 11) is 7.65. The quantitative estimate of drug-likeness (QED) is 0.140. The molecular weight excluding hydrogens is 720 g/mol. The van der Waals surface area contributed by atoms with E-state index in [1.807, 2.05) is 36.2 Å². The van der Waals surface area contributed by atoms with E-state index in [1.165, 1.54) is 27.4 Å². The number of methoxy groups -OCH3 is 5. The van der Waals surface area contributed by atoms with Gasteiger partial charge in [-0.25, -0.2) is 0 Å². The van der Waals surface area contributed by atoms with E-state index in [0.29, 0.717) is 109 Å². The molecule has 3 aromatic carbocycles. The molecule has 3 amide bonds. The molecule has 0 N–H and O–H groups in total. The Labute approximate surface area is 327 Å². The van der Waals surface area contributed by atoms with Crippen LogP contribution in [0.25, 0.3) is 6.08 Å². The second-order valence-corrected chi connectivity index (χ2v) is 13.9. The van der Waals surface area contributed by atoms with Crippen LogP contribution in [0.3, 0.4) is 0 Å². The molecule has 2 fully saturated rings. The topological polar surface area (TPSA) is 138 Å². The SMILES string of the molecule is COc1cc(/C=C/C(=O)N2CCN(C(=O)c3cc(OC)c(OC)c(OC)c3)CC2)ccc1OCCCCOc1cc2c(cc1OC)C(=O)N1CCC[C@@]1(C)C=N2. The van der Waals surface area contributed by atoms with Crippen molar-refractivity contribution >= 4 is 35.7 Å². The minimum Gasteiger partial charge on any atom is -0.493 e. The average molecular weight is 771 g/mol. The highest BCUT2D eigenvalue weighted by Gasteiger charge is 2.41. The van der Waals surface area contributed by atoms with Crippen LogP contribution >= 0.6 is 0 Å². The van der Waals surface area contributed by atoms with Crippen molar-refractivity contribution in [2.75, 3.05) is 81.5 Å². The highest BCUT2D eigenvalue weighted by atomic mass is 16.5. The van der Waals surface area contributed by atoms with Crippen LogP contribution in [0.1, 0.15) is 58.9 Å². The lowest BCUT2D eigenvalue weighted by atomic mass is 10.0. The minimum absolute atomic E-state index is 0.0386. The summed E-state index contributed by atoms with van der Waals surface area (Å²) in [5, 5.41) is 0. The van der Waals surface area contributed by atoms with E-state index in [4.69, 9.17) is 33.2 Å². The number of benzene rings is 3. The fraction of sp³-hybridized carbons (Fsp3) is 0.429. The summed E-state index contributed by atoms with van der Waals surface area (Å²) in [5.74, 6) is 3.03. The second kappa shape index (κ2) is 17.7.